The lowest BCUT2D eigenvalue weighted by molar-refractivity contribution is -0.128. The minimum absolute atomic E-state index is 0.0249. The third kappa shape index (κ3) is 5.99. The van der Waals surface area contributed by atoms with Crippen molar-refractivity contribution >= 4 is 51.9 Å². The van der Waals surface area contributed by atoms with Gasteiger partial charge in [-0.05, 0) is 54.1 Å². The molecule has 0 bridgehead atoms. The van der Waals surface area contributed by atoms with Crippen molar-refractivity contribution in [2.24, 2.45) is 9.98 Å². The van der Waals surface area contributed by atoms with Crippen molar-refractivity contribution in [3.05, 3.63) is 83.9 Å². The molecule has 1 atom stereocenters. The summed E-state index contributed by atoms with van der Waals surface area (Å²) in [6.07, 6.45) is -0.104. The molecule has 204 valence electrons. The van der Waals surface area contributed by atoms with Gasteiger partial charge in [-0.3, -0.25) is 19.4 Å². The molecule has 0 radical (unpaired) electrons. The number of carbonyl (C=O) groups is 3. The highest BCUT2D eigenvalue weighted by Gasteiger charge is 2.42. The number of nitrogens with one attached hydrogen (secondary N) is 2. The highest BCUT2D eigenvalue weighted by Crippen LogP contribution is 2.34. The average Bonchev–Trinajstić information content (AvgIpc) is 3.31. The Bertz CT molecular complexity index is 1490. The molecule has 3 aromatic carbocycles. The van der Waals surface area contributed by atoms with Crippen molar-refractivity contribution < 1.29 is 23.9 Å². The van der Waals surface area contributed by atoms with Crippen LogP contribution >= 0.6 is 11.8 Å². The van der Waals surface area contributed by atoms with E-state index in [0.29, 0.717) is 40.2 Å². The molecule has 3 amide bonds. The number of amidine groups is 2. The van der Waals surface area contributed by atoms with Crippen LogP contribution in [-0.4, -0.2) is 59.6 Å². The molecule has 0 aliphatic carbocycles. The first-order valence-corrected chi connectivity index (χ1v) is 13.5. The number of ether oxygens (including phenoxy) is 2. The van der Waals surface area contributed by atoms with Gasteiger partial charge in [0.1, 0.15) is 23.4 Å². The van der Waals surface area contributed by atoms with Gasteiger partial charge in [0.15, 0.2) is 5.17 Å². The largest absolute Gasteiger partial charge is 0.497 e. The van der Waals surface area contributed by atoms with E-state index in [9.17, 15) is 14.4 Å². The number of hydrogen-bond donors (Lipinski definition) is 2. The maximum Gasteiger partial charge on any atom is 0.259 e. The number of methoxy groups -OCH3 is 2. The number of hydrogen-bond acceptors (Lipinski definition) is 8. The summed E-state index contributed by atoms with van der Waals surface area (Å²) in [5.41, 5.74) is 2.88. The zero-order chi connectivity index (χ0) is 28.1. The molecule has 2 aliphatic rings. The fourth-order valence-corrected chi connectivity index (χ4v) is 5.03. The van der Waals surface area contributed by atoms with E-state index in [4.69, 9.17) is 9.47 Å². The number of thioether (sulfide) groups is 1. The van der Waals surface area contributed by atoms with Crippen molar-refractivity contribution in [3.8, 4) is 11.5 Å². The summed E-state index contributed by atoms with van der Waals surface area (Å²) in [5, 5.41) is 6.02. The zero-order valence-corrected chi connectivity index (χ0v) is 22.7. The number of para-hydroxylation sites is 1. The minimum atomic E-state index is -0.893. The monoisotopic (exact) mass is 557 g/mol. The highest BCUT2D eigenvalue weighted by atomic mass is 32.2. The fraction of sp³-hybridized carbons (Fsp3) is 0.207. The smallest absolute Gasteiger partial charge is 0.259 e. The average molecular weight is 558 g/mol. The molecule has 2 heterocycles. The molecule has 10 nitrogen and oxygen atoms in total. The molecule has 5 rings (SSSR count). The summed E-state index contributed by atoms with van der Waals surface area (Å²) in [4.78, 5) is 49.5. The summed E-state index contributed by atoms with van der Waals surface area (Å²) in [5.74, 6) is 0.969. The highest BCUT2D eigenvalue weighted by molar-refractivity contribution is 8.14. The molecule has 0 aromatic heterocycles. The Hall–Kier alpha value is -4.64. The number of benzene rings is 3. The van der Waals surface area contributed by atoms with Gasteiger partial charge in [-0.15, -0.1) is 0 Å². The topological polar surface area (TPSA) is 122 Å². The number of carbonyl (C=O) groups excluding carboxylic acids is 3. The lowest BCUT2D eigenvalue weighted by Crippen LogP contribution is -2.42. The van der Waals surface area contributed by atoms with Crippen LogP contribution < -0.4 is 20.1 Å². The van der Waals surface area contributed by atoms with E-state index in [1.165, 1.54) is 4.90 Å². The van der Waals surface area contributed by atoms with E-state index in [2.05, 4.69) is 20.6 Å². The molecule has 2 aliphatic heterocycles. The quantitative estimate of drug-likeness (QED) is 0.414. The first kappa shape index (κ1) is 26.9. The Labute approximate surface area is 235 Å². The maximum absolute atomic E-state index is 13.4. The number of aliphatic imine (C=N–C) groups is 2. The molecule has 0 spiro atoms. The van der Waals surface area contributed by atoms with Crippen LogP contribution in [0.3, 0.4) is 0 Å². The molecule has 0 saturated heterocycles. The van der Waals surface area contributed by atoms with Crippen molar-refractivity contribution in [3.63, 3.8) is 0 Å². The molecule has 0 unspecified atom stereocenters. The van der Waals surface area contributed by atoms with E-state index < -0.39 is 6.04 Å². The second-order valence-corrected chi connectivity index (χ2v) is 9.89. The SMILES string of the molecule is COc1ccc(CNC(=O)C[C@@H]2N=C3c4ccccc4N=C(SCC(=O)Nc4ccc(OC)cc4)N3C2=O)cc1. The van der Waals surface area contributed by atoms with Crippen LogP contribution in [0.5, 0.6) is 11.5 Å². The molecular formula is C29H27N5O5S. The standard InChI is InChI=1S/C29H27N5O5S/c1-38-20-11-7-18(8-12-20)16-30-25(35)15-24-28(37)34-27(32-24)22-5-3-4-6-23(22)33-29(34)40-17-26(36)31-19-9-13-21(39-2)14-10-19/h3-14,24H,15-17H2,1-2H3,(H,30,35)(H,31,36)/t24-/m0/s1. The Morgan fingerprint density at radius 2 is 1.60 bits per heavy atom. The summed E-state index contributed by atoms with van der Waals surface area (Å²) < 4.78 is 10.3. The van der Waals surface area contributed by atoms with Crippen LogP contribution in [0.1, 0.15) is 17.5 Å². The van der Waals surface area contributed by atoms with Crippen LogP contribution in [0.4, 0.5) is 11.4 Å². The molecular weight excluding hydrogens is 530 g/mol. The van der Waals surface area contributed by atoms with Crippen molar-refractivity contribution in [1.82, 2.24) is 10.2 Å². The molecule has 11 heteroatoms. The van der Waals surface area contributed by atoms with Gasteiger partial charge >= 0.3 is 0 Å². The van der Waals surface area contributed by atoms with Crippen LogP contribution in [0.15, 0.2) is 82.8 Å². The molecule has 0 fully saturated rings. The minimum Gasteiger partial charge on any atom is -0.497 e. The zero-order valence-electron chi connectivity index (χ0n) is 21.9. The Morgan fingerprint density at radius 1 is 0.925 bits per heavy atom. The van der Waals surface area contributed by atoms with Gasteiger partial charge in [0, 0.05) is 17.8 Å². The number of nitrogens with zero attached hydrogens (tertiary/aromatic N) is 3. The predicted molar refractivity (Wildman–Crippen MR) is 154 cm³/mol. The summed E-state index contributed by atoms with van der Waals surface area (Å²) >= 11 is 1.13. The molecule has 40 heavy (non-hydrogen) atoms. The van der Waals surface area contributed by atoms with Gasteiger partial charge < -0.3 is 20.1 Å². The van der Waals surface area contributed by atoms with E-state index in [1.807, 2.05) is 48.5 Å². The van der Waals surface area contributed by atoms with E-state index in [-0.39, 0.29) is 29.9 Å². The Balaban J connectivity index is 1.25. The molecule has 2 N–H and O–H groups in total. The summed E-state index contributed by atoms with van der Waals surface area (Å²) in [6, 6.07) is 20.8. The first-order chi connectivity index (χ1) is 19.4. The van der Waals surface area contributed by atoms with E-state index in [1.54, 1.807) is 38.5 Å². The van der Waals surface area contributed by atoms with Gasteiger partial charge in [-0.1, -0.05) is 36.0 Å². The number of amides is 3. The second kappa shape index (κ2) is 12.0. The lowest BCUT2D eigenvalue weighted by Gasteiger charge is -2.25. The Morgan fingerprint density at radius 3 is 2.30 bits per heavy atom. The summed E-state index contributed by atoms with van der Waals surface area (Å²) in [6.45, 7) is 0.318. The lowest BCUT2D eigenvalue weighted by atomic mass is 10.1. The maximum atomic E-state index is 13.4. The van der Waals surface area contributed by atoms with Crippen LogP contribution in [-0.2, 0) is 20.9 Å². The second-order valence-electron chi connectivity index (χ2n) is 8.95. The first-order valence-electron chi connectivity index (χ1n) is 12.5. The van der Waals surface area contributed by atoms with Crippen LogP contribution in [0.2, 0.25) is 0 Å². The van der Waals surface area contributed by atoms with Gasteiger partial charge in [0.25, 0.3) is 5.91 Å². The van der Waals surface area contributed by atoms with Crippen LogP contribution in [0, 0.1) is 0 Å². The number of rotatable bonds is 9. The molecule has 3 aromatic rings. The fourth-order valence-electron chi connectivity index (χ4n) is 4.23. The van der Waals surface area contributed by atoms with E-state index in [0.717, 1.165) is 23.1 Å². The van der Waals surface area contributed by atoms with Gasteiger partial charge in [-0.2, -0.15) is 0 Å². The summed E-state index contributed by atoms with van der Waals surface area (Å²) in [7, 11) is 3.17. The van der Waals surface area contributed by atoms with Gasteiger partial charge in [0.05, 0.1) is 32.1 Å². The molecule has 0 saturated carbocycles. The van der Waals surface area contributed by atoms with Crippen molar-refractivity contribution in [2.75, 3.05) is 25.3 Å². The van der Waals surface area contributed by atoms with Crippen LogP contribution in [0.25, 0.3) is 0 Å². The normalized spacial score (nSPS) is 15.4. The number of fused-ring (bicyclic) bond motifs is 3. The Kier molecular flexibility index (Phi) is 8.11. The van der Waals surface area contributed by atoms with E-state index >= 15 is 0 Å². The predicted octanol–water partition coefficient (Wildman–Crippen LogP) is 3.74. The third-order valence-electron chi connectivity index (χ3n) is 6.28. The van der Waals surface area contributed by atoms with Crippen molar-refractivity contribution in [1.29, 1.82) is 0 Å². The van der Waals surface area contributed by atoms with Crippen molar-refractivity contribution in [2.45, 2.75) is 19.0 Å². The van der Waals surface area contributed by atoms with Gasteiger partial charge in [-0.25, -0.2) is 9.89 Å². The third-order valence-corrected chi connectivity index (χ3v) is 7.22. The van der Waals surface area contributed by atoms with Gasteiger partial charge in [0.2, 0.25) is 11.8 Å². The number of anilines is 1.